The highest BCUT2D eigenvalue weighted by Gasteiger charge is 2.27. The molecular weight excluding hydrogens is 663 g/mol. The summed E-state index contributed by atoms with van der Waals surface area (Å²) in [5.41, 5.74) is 9.13. The van der Waals surface area contributed by atoms with E-state index in [9.17, 15) is 5.26 Å². The lowest BCUT2D eigenvalue weighted by atomic mass is 10.1. The number of nitriles is 1. The third-order valence-electron chi connectivity index (χ3n) is 11.0. The molecular formula is C47H29N7. The smallest absolute Gasteiger partial charge is 0.210 e. The summed E-state index contributed by atoms with van der Waals surface area (Å²) in [4.78, 5) is 3.96. The van der Waals surface area contributed by atoms with Gasteiger partial charge in [0.25, 0.3) is 0 Å². The molecule has 11 aromatic rings. The zero-order chi connectivity index (χ0) is 36.1. The Morgan fingerprint density at radius 3 is 1.33 bits per heavy atom. The Morgan fingerprint density at radius 2 is 0.852 bits per heavy atom. The average Bonchev–Trinajstić information content (AvgIpc) is 4.01. The molecule has 7 nitrogen and oxygen atoms in total. The average molecular weight is 692 g/mol. The van der Waals surface area contributed by atoms with Crippen LogP contribution in [0.4, 0.5) is 5.69 Å². The Bertz CT molecular complexity index is 3210. The number of aromatic nitrogens is 5. The van der Waals surface area contributed by atoms with E-state index >= 15 is 0 Å². The van der Waals surface area contributed by atoms with Crippen molar-refractivity contribution in [3.05, 3.63) is 175 Å². The van der Waals surface area contributed by atoms with Crippen molar-refractivity contribution in [3.63, 3.8) is 0 Å². The van der Waals surface area contributed by atoms with Crippen LogP contribution in [0.15, 0.2) is 158 Å². The van der Waals surface area contributed by atoms with Crippen LogP contribution in [-0.4, -0.2) is 22.8 Å². The summed E-state index contributed by atoms with van der Waals surface area (Å²) in [6.45, 7) is 8.10. The number of nitrogens with zero attached hydrogens (tertiary/aromatic N) is 7. The summed E-state index contributed by atoms with van der Waals surface area (Å²) in [7, 11) is 2.13. The van der Waals surface area contributed by atoms with Gasteiger partial charge in [-0.1, -0.05) is 103 Å². The van der Waals surface area contributed by atoms with Crippen LogP contribution in [0.2, 0.25) is 0 Å². The van der Waals surface area contributed by atoms with Crippen LogP contribution in [0.25, 0.3) is 93.5 Å². The summed E-state index contributed by atoms with van der Waals surface area (Å²) in [5, 5.41) is 17.1. The molecule has 0 aliphatic rings. The zero-order valence-electron chi connectivity index (χ0n) is 29.1. The van der Waals surface area contributed by atoms with Crippen LogP contribution in [0.5, 0.6) is 0 Å². The van der Waals surface area contributed by atoms with E-state index in [0.717, 1.165) is 88.7 Å². The van der Waals surface area contributed by atoms with Crippen molar-refractivity contribution < 1.29 is 0 Å². The minimum Gasteiger partial charge on any atom is -0.316 e. The van der Waals surface area contributed by atoms with Gasteiger partial charge in [0.1, 0.15) is 29.0 Å². The normalized spacial score (nSPS) is 11.8. The first-order valence-corrected chi connectivity index (χ1v) is 17.9. The quantitative estimate of drug-likeness (QED) is 0.170. The standard InChI is InChI=1S/C47H29N7/c1-49-35-20-8-14-26-41(35)52-38-23-11-5-17-32(38)45-34-19-7-13-25-40(34)54(47(45)52)43-28-27-42(50(43)2)53-39-24-12-6-18-33(39)44-31-16-4-10-22-37(31)51(46(44)53)36-21-9-3-15-30(36)29-48/h3-28H,2H3. The molecule has 7 heteroatoms. The number of hydrogen-bond donors (Lipinski definition) is 0. The SMILES string of the molecule is [C-]#[N+]c1ccccc1-n1c2ccccc2c2c3ccccc3n(-c3ccc(-n4c5ccccc5c5c6ccccc6n(-c6ccccc6C#N)c54)n3C)c21. The van der Waals surface area contributed by atoms with Gasteiger partial charge < -0.3 is 9.13 Å². The summed E-state index contributed by atoms with van der Waals surface area (Å²) < 4.78 is 11.5. The van der Waals surface area contributed by atoms with Crippen LogP contribution >= 0.6 is 0 Å². The highest BCUT2D eigenvalue weighted by Crippen LogP contribution is 2.44. The lowest BCUT2D eigenvalue weighted by Crippen LogP contribution is -2.10. The molecule has 0 unspecified atom stereocenters. The Labute approximate surface area is 309 Å². The molecule has 5 aromatic heterocycles. The summed E-state index contributed by atoms with van der Waals surface area (Å²) in [5.74, 6) is 1.96. The highest BCUT2D eigenvalue weighted by molar-refractivity contribution is 6.24. The lowest BCUT2D eigenvalue weighted by molar-refractivity contribution is 0.822. The molecule has 0 fully saturated rings. The first kappa shape index (κ1) is 29.9. The van der Waals surface area contributed by atoms with Crippen LogP contribution in [0.1, 0.15) is 5.56 Å². The second-order valence-corrected chi connectivity index (χ2v) is 13.6. The van der Waals surface area contributed by atoms with E-state index < -0.39 is 0 Å². The summed E-state index contributed by atoms with van der Waals surface area (Å²) in [6.07, 6.45) is 0. The van der Waals surface area contributed by atoms with Crippen molar-refractivity contribution >= 4 is 71.4 Å². The van der Waals surface area contributed by atoms with E-state index in [1.807, 2.05) is 48.5 Å². The Morgan fingerprint density at radius 1 is 0.463 bits per heavy atom. The second-order valence-electron chi connectivity index (χ2n) is 13.6. The summed E-state index contributed by atoms with van der Waals surface area (Å²) in [6, 6.07) is 56.6. The predicted octanol–water partition coefficient (Wildman–Crippen LogP) is 11.5. The Balaban J connectivity index is 1.29. The van der Waals surface area contributed by atoms with Gasteiger partial charge in [-0.05, 0) is 54.6 Å². The molecule has 5 heterocycles. The molecule has 54 heavy (non-hydrogen) atoms. The maximum Gasteiger partial charge on any atom is 0.210 e. The molecule has 0 N–H and O–H groups in total. The van der Waals surface area contributed by atoms with Crippen LogP contribution in [0, 0.1) is 17.9 Å². The Kier molecular flexibility index (Phi) is 6.17. The summed E-state index contributed by atoms with van der Waals surface area (Å²) >= 11 is 0. The zero-order valence-corrected chi connectivity index (χ0v) is 29.1. The molecule has 11 rings (SSSR count). The maximum absolute atomic E-state index is 10.3. The first-order valence-electron chi connectivity index (χ1n) is 17.9. The molecule has 0 saturated carbocycles. The monoisotopic (exact) mass is 691 g/mol. The molecule has 252 valence electrons. The molecule has 0 spiro atoms. The maximum atomic E-state index is 10.3. The topological polar surface area (TPSA) is 52.8 Å². The van der Waals surface area contributed by atoms with Gasteiger partial charge in [-0.25, -0.2) is 4.85 Å². The van der Waals surface area contributed by atoms with Gasteiger partial charge in [-0.2, -0.15) is 5.26 Å². The fourth-order valence-corrected chi connectivity index (χ4v) is 8.80. The molecule has 0 atom stereocenters. The number of fused-ring (bicyclic) bond motifs is 10. The number of para-hydroxylation sites is 7. The predicted molar refractivity (Wildman–Crippen MR) is 219 cm³/mol. The van der Waals surface area contributed by atoms with Crippen molar-refractivity contribution in [1.82, 2.24) is 22.8 Å². The molecule has 0 aliphatic carbocycles. The van der Waals surface area contributed by atoms with Gasteiger partial charge in [0.15, 0.2) is 0 Å². The van der Waals surface area contributed by atoms with E-state index in [0.29, 0.717) is 11.3 Å². The Hall–Kier alpha value is -7.74. The minimum absolute atomic E-state index is 0.594. The molecule has 0 radical (unpaired) electrons. The number of hydrogen-bond acceptors (Lipinski definition) is 1. The van der Waals surface area contributed by atoms with Gasteiger partial charge in [-0.15, -0.1) is 0 Å². The van der Waals surface area contributed by atoms with E-state index in [1.54, 1.807) is 0 Å². The molecule has 0 bridgehead atoms. The highest BCUT2D eigenvalue weighted by atomic mass is 15.3. The van der Waals surface area contributed by atoms with Crippen molar-refractivity contribution in [2.24, 2.45) is 7.05 Å². The van der Waals surface area contributed by atoms with E-state index in [1.165, 1.54) is 0 Å². The van der Waals surface area contributed by atoms with Gasteiger partial charge >= 0.3 is 0 Å². The molecule has 0 saturated heterocycles. The van der Waals surface area contributed by atoms with Gasteiger partial charge in [0.2, 0.25) is 5.69 Å². The minimum atomic E-state index is 0.594. The fourth-order valence-electron chi connectivity index (χ4n) is 8.80. The van der Waals surface area contributed by atoms with Crippen LogP contribution < -0.4 is 0 Å². The van der Waals surface area contributed by atoms with Gasteiger partial charge in [0, 0.05) is 39.4 Å². The number of rotatable bonds is 4. The lowest BCUT2D eigenvalue weighted by Gasteiger charge is -2.17. The van der Waals surface area contributed by atoms with Gasteiger partial charge in [-0.3, -0.25) is 13.7 Å². The van der Waals surface area contributed by atoms with Crippen LogP contribution in [-0.2, 0) is 7.05 Å². The number of benzene rings is 6. The molecule has 0 amide bonds. The van der Waals surface area contributed by atoms with Crippen molar-refractivity contribution in [2.45, 2.75) is 0 Å². The van der Waals surface area contributed by atoms with E-state index in [2.05, 4.69) is 150 Å². The third kappa shape index (κ3) is 3.82. The largest absolute Gasteiger partial charge is 0.316 e. The van der Waals surface area contributed by atoms with Crippen molar-refractivity contribution in [3.8, 4) is 29.1 Å². The van der Waals surface area contributed by atoms with Crippen molar-refractivity contribution in [1.29, 1.82) is 5.26 Å². The first-order chi connectivity index (χ1) is 26.7. The molecule has 6 aromatic carbocycles. The second kappa shape index (κ2) is 11.1. The van der Waals surface area contributed by atoms with Gasteiger partial charge in [0.05, 0.1) is 45.6 Å². The van der Waals surface area contributed by atoms with Crippen LogP contribution in [0.3, 0.4) is 0 Å². The fraction of sp³-hybridized carbons (Fsp3) is 0.0213. The van der Waals surface area contributed by atoms with E-state index in [-0.39, 0.29) is 0 Å². The van der Waals surface area contributed by atoms with Crippen molar-refractivity contribution in [2.75, 3.05) is 0 Å². The third-order valence-corrected chi connectivity index (χ3v) is 11.0. The molecule has 0 aliphatic heterocycles. The van der Waals surface area contributed by atoms with E-state index in [4.69, 9.17) is 6.57 Å².